The van der Waals surface area contributed by atoms with Crippen molar-refractivity contribution < 1.29 is 4.79 Å². The summed E-state index contributed by atoms with van der Waals surface area (Å²) in [5, 5.41) is 11.4. The molecule has 0 unspecified atom stereocenters. The number of carbonyl (C=O) groups is 1. The summed E-state index contributed by atoms with van der Waals surface area (Å²) in [7, 11) is 1.89. The Bertz CT molecular complexity index is 894. The highest BCUT2D eigenvalue weighted by Gasteiger charge is 2.34. The maximum atomic E-state index is 12.8. The van der Waals surface area contributed by atoms with E-state index in [0.29, 0.717) is 6.54 Å². The van der Waals surface area contributed by atoms with Crippen molar-refractivity contribution in [2.75, 3.05) is 18.4 Å². The third-order valence-electron chi connectivity index (χ3n) is 4.50. The van der Waals surface area contributed by atoms with Gasteiger partial charge in [-0.25, -0.2) is 0 Å². The quantitative estimate of drug-likeness (QED) is 0.710. The number of halogens is 2. The molecule has 1 fully saturated rings. The molecule has 2 atom stereocenters. The van der Waals surface area contributed by atoms with Crippen LogP contribution in [0.25, 0.3) is 10.9 Å². The summed E-state index contributed by atoms with van der Waals surface area (Å²) < 4.78 is 1.77. The maximum Gasteiger partial charge on any atom is 0.229 e. The Kier molecular flexibility index (Phi) is 6.52. The molecular formula is C17H20Cl2N6O. The molecule has 1 aliphatic heterocycles. The number of fused-ring (bicyclic) bond motifs is 1. The molecule has 2 N–H and O–H groups in total. The van der Waals surface area contributed by atoms with E-state index in [0.717, 1.165) is 28.7 Å². The first-order valence-corrected chi connectivity index (χ1v) is 7.91. The van der Waals surface area contributed by atoms with E-state index < -0.39 is 0 Å². The minimum Gasteiger partial charge on any atom is -0.325 e. The lowest BCUT2D eigenvalue weighted by Crippen LogP contribution is -2.28. The van der Waals surface area contributed by atoms with Gasteiger partial charge in [0.25, 0.3) is 0 Å². The number of carbonyl (C=O) groups excluding carboxylic acids is 1. The summed E-state index contributed by atoms with van der Waals surface area (Å²) in [5.74, 6) is 0.00391. The molecule has 0 aliphatic carbocycles. The summed E-state index contributed by atoms with van der Waals surface area (Å²) in [4.78, 5) is 21.3. The number of hydrogen-bond acceptors (Lipinski definition) is 5. The van der Waals surface area contributed by atoms with Gasteiger partial charge in [-0.1, -0.05) is 0 Å². The Labute approximate surface area is 163 Å². The molecule has 0 saturated carbocycles. The highest BCUT2D eigenvalue weighted by atomic mass is 35.5. The molecule has 9 heteroatoms. The number of nitrogens with zero attached hydrogens (tertiary/aromatic N) is 4. The largest absolute Gasteiger partial charge is 0.325 e. The predicted octanol–water partition coefficient (Wildman–Crippen LogP) is 2.15. The molecule has 4 rings (SSSR count). The molecular weight excluding hydrogens is 375 g/mol. The van der Waals surface area contributed by atoms with Gasteiger partial charge in [0.1, 0.15) is 0 Å². The van der Waals surface area contributed by atoms with Gasteiger partial charge in [-0.3, -0.25) is 19.4 Å². The van der Waals surface area contributed by atoms with Crippen LogP contribution < -0.4 is 10.6 Å². The zero-order chi connectivity index (χ0) is 16.5. The molecule has 0 radical (unpaired) electrons. The van der Waals surface area contributed by atoms with Crippen LogP contribution in [-0.4, -0.2) is 38.7 Å². The molecule has 4 heterocycles. The monoisotopic (exact) mass is 394 g/mol. The van der Waals surface area contributed by atoms with E-state index in [1.54, 1.807) is 23.3 Å². The highest BCUT2D eigenvalue weighted by molar-refractivity contribution is 6.01. The number of rotatable bonds is 3. The molecule has 1 saturated heterocycles. The van der Waals surface area contributed by atoms with E-state index in [-0.39, 0.29) is 42.6 Å². The van der Waals surface area contributed by atoms with E-state index in [2.05, 4.69) is 25.7 Å². The SMILES string of the molecule is Cl.Cl.Cn1cc([C@H]2CNC[C@@H]2C(=O)Nc2ccnc3ccncc23)cn1. The Hall–Kier alpha value is -2.22. The molecule has 1 amide bonds. The van der Waals surface area contributed by atoms with Gasteiger partial charge >= 0.3 is 0 Å². The van der Waals surface area contributed by atoms with E-state index in [1.165, 1.54) is 0 Å². The van der Waals surface area contributed by atoms with Gasteiger partial charge < -0.3 is 10.6 Å². The van der Waals surface area contributed by atoms with Gasteiger partial charge in [-0.15, -0.1) is 24.8 Å². The van der Waals surface area contributed by atoms with Gasteiger partial charge in [0.05, 0.1) is 23.3 Å². The van der Waals surface area contributed by atoms with Crippen molar-refractivity contribution in [2.45, 2.75) is 5.92 Å². The summed E-state index contributed by atoms with van der Waals surface area (Å²) >= 11 is 0. The van der Waals surface area contributed by atoms with Crippen LogP contribution in [0.3, 0.4) is 0 Å². The van der Waals surface area contributed by atoms with Crippen LogP contribution in [0.15, 0.2) is 43.1 Å². The third kappa shape index (κ3) is 3.80. The molecule has 3 aromatic heterocycles. The average Bonchev–Trinajstić information content (AvgIpc) is 3.24. The molecule has 1 aliphatic rings. The normalized spacial score (nSPS) is 18.8. The maximum absolute atomic E-state index is 12.8. The standard InChI is InChI=1S/C17H18N6O.2ClH/c1-23-10-11(6-21-23)12-7-19-8-13(12)17(24)22-16-3-5-20-15-2-4-18-9-14(15)16;;/h2-6,9-10,12-13,19H,7-8H2,1H3,(H,20,22,24);2*1H/t12-,13+;;/m1../s1. The van der Waals surface area contributed by atoms with Crippen LogP contribution >= 0.6 is 24.8 Å². The van der Waals surface area contributed by atoms with E-state index in [1.807, 2.05) is 31.6 Å². The van der Waals surface area contributed by atoms with Gasteiger partial charge in [0.2, 0.25) is 5.91 Å². The Morgan fingerprint density at radius 1 is 1.23 bits per heavy atom. The Morgan fingerprint density at radius 2 is 2.08 bits per heavy atom. The number of anilines is 1. The first-order chi connectivity index (χ1) is 11.7. The Balaban J connectivity index is 0.00000121. The molecule has 0 aromatic carbocycles. The number of hydrogen-bond donors (Lipinski definition) is 2. The number of aryl methyl sites for hydroxylation is 1. The summed E-state index contributed by atoms with van der Waals surface area (Å²) in [6, 6.07) is 3.64. The number of aromatic nitrogens is 4. The van der Waals surface area contributed by atoms with Crippen molar-refractivity contribution in [1.29, 1.82) is 0 Å². The second kappa shape index (κ2) is 8.44. The molecule has 7 nitrogen and oxygen atoms in total. The minimum atomic E-state index is -0.130. The van der Waals surface area contributed by atoms with E-state index in [4.69, 9.17) is 0 Å². The van der Waals surface area contributed by atoms with Crippen molar-refractivity contribution in [3.63, 3.8) is 0 Å². The van der Waals surface area contributed by atoms with Crippen LogP contribution in [0.2, 0.25) is 0 Å². The van der Waals surface area contributed by atoms with Crippen LogP contribution in [0.5, 0.6) is 0 Å². The van der Waals surface area contributed by atoms with Crippen molar-refractivity contribution in [3.05, 3.63) is 48.7 Å². The zero-order valence-electron chi connectivity index (χ0n) is 14.1. The van der Waals surface area contributed by atoms with Crippen molar-refractivity contribution >= 4 is 47.3 Å². The van der Waals surface area contributed by atoms with Crippen molar-refractivity contribution in [2.24, 2.45) is 13.0 Å². The predicted molar refractivity (Wildman–Crippen MR) is 105 cm³/mol. The minimum absolute atomic E-state index is 0. The average molecular weight is 395 g/mol. The van der Waals surface area contributed by atoms with Gasteiger partial charge in [0, 0.05) is 56.2 Å². The topological polar surface area (TPSA) is 84.7 Å². The van der Waals surface area contributed by atoms with Crippen LogP contribution in [0, 0.1) is 5.92 Å². The van der Waals surface area contributed by atoms with Crippen molar-refractivity contribution in [1.82, 2.24) is 25.1 Å². The number of nitrogens with one attached hydrogen (secondary N) is 2. The molecule has 0 bridgehead atoms. The lowest BCUT2D eigenvalue weighted by Gasteiger charge is -2.17. The van der Waals surface area contributed by atoms with Gasteiger partial charge in [0.15, 0.2) is 0 Å². The van der Waals surface area contributed by atoms with Crippen LogP contribution in [-0.2, 0) is 11.8 Å². The second-order valence-corrected chi connectivity index (χ2v) is 6.06. The molecule has 26 heavy (non-hydrogen) atoms. The first-order valence-electron chi connectivity index (χ1n) is 7.91. The van der Waals surface area contributed by atoms with Gasteiger partial charge in [-0.2, -0.15) is 5.10 Å². The Morgan fingerprint density at radius 3 is 2.85 bits per heavy atom. The lowest BCUT2D eigenvalue weighted by atomic mass is 9.90. The van der Waals surface area contributed by atoms with E-state index >= 15 is 0 Å². The summed E-state index contributed by atoms with van der Waals surface area (Å²) in [6.45, 7) is 1.44. The fourth-order valence-corrected chi connectivity index (χ4v) is 3.26. The molecule has 3 aromatic rings. The highest BCUT2D eigenvalue weighted by Crippen LogP contribution is 2.29. The summed E-state index contributed by atoms with van der Waals surface area (Å²) in [5.41, 5.74) is 2.65. The molecule has 138 valence electrons. The van der Waals surface area contributed by atoms with Crippen molar-refractivity contribution in [3.8, 4) is 0 Å². The fourth-order valence-electron chi connectivity index (χ4n) is 3.26. The smallest absolute Gasteiger partial charge is 0.229 e. The number of pyridine rings is 2. The number of amides is 1. The lowest BCUT2D eigenvalue weighted by molar-refractivity contribution is -0.119. The first kappa shape index (κ1) is 20.1. The third-order valence-corrected chi connectivity index (χ3v) is 4.50. The summed E-state index contributed by atoms with van der Waals surface area (Å²) in [6.07, 6.45) is 8.93. The zero-order valence-corrected chi connectivity index (χ0v) is 15.8. The van der Waals surface area contributed by atoms with Gasteiger partial charge in [-0.05, 0) is 17.7 Å². The molecule has 0 spiro atoms. The van der Waals surface area contributed by atoms with Crippen LogP contribution in [0.1, 0.15) is 11.5 Å². The fraction of sp³-hybridized carbons (Fsp3) is 0.294. The second-order valence-electron chi connectivity index (χ2n) is 6.06. The van der Waals surface area contributed by atoms with E-state index in [9.17, 15) is 4.79 Å². The van der Waals surface area contributed by atoms with Crippen LogP contribution in [0.4, 0.5) is 5.69 Å².